The molecule has 8 atom stereocenters. The molecule has 0 saturated carbocycles. The van der Waals surface area contributed by atoms with Crippen molar-refractivity contribution < 1.29 is 63.6 Å². The number of benzene rings is 3. The van der Waals surface area contributed by atoms with Crippen LogP contribution >= 0.6 is 0 Å². The largest absolute Gasteiger partial charge is 0.456 e. The van der Waals surface area contributed by atoms with Crippen molar-refractivity contribution in [1.82, 2.24) is 10.6 Å². The molecule has 2 aliphatic carbocycles. The third-order valence-corrected chi connectivity index (χ3v) is 10.4. The van der Waals surface area contributed by atoms with Gasteiger partial charge in [-0.2, -0.15) is 0 Å². The second kappa shape index (κ2) is 17.8. The fourth-order valence-corrected chi connectivity index (χ4v) is 7.57. The van der Waals surface area contributed by atoms with Crippen LogP contribution in [0.1, 0.15) is 49.4 Å². The van der Waals surface area contributed by atoms with Gasteiger partial charge in [-0.3, -0.25) is 9.59 Å². The summed E-state index contributed by atoms with van der Waals surface area (Å²) in [6.45, 7) is -0.572. The van der Waals surface area contributed by atoms with E-state index in [-0.39, 0.29) is 50.1 Å². The highest BCUT2D eigenvalue weighted by Gasteiger charge is 2.55. The van der Waals surface area contributed by atoms with Crippen LogP contribution in [-0.2, 0) is 47.9 Å². The normalized spacial score (nSPS) is 27.4. The van der Waals surface area contributed by atoms with Crippen molar-refractivity contribution in [1.29, 1.82) is 0 Å². The predicted molar refractivity (Wildman–Crippen MR) is 201 cm³/mol. The molecule has 7 N–H and O–H groups in total. The van der Waals surface area contributed by atoms with Gasteiger partial charge in [-0.25, -0.2) is 4.79 Å². The van der Waals surface area contributed by atoms with Crippen LogP contribution in [0.15, 0.2) is 90.5 Å². The van der Waals surface area contributed by atoms with Crippen molar-refractivity contribution in [2.45, 2.75) is 80.6 Å². The fraction of sp³-hybridized carbons (Fsp3) is 0.405. The number of esters is 1. The Morgan fingerprint density at radius 2 is 1.60 bits per heavy atom. The molecule has 2 amide bonds. The van der Waals surface area contributed by atoms with Crippen molar-refractivity contribution >= 4 is 23.9 Å². The molecule has 4 aliphatic rings. The van der Waals surface area contributed by atoms with Crippen LogP contribution in [0.5, 0.6) is 0 Å². The van der Waals surface area contributed by atoms with Crippen molar-refractivity contribution in [3.63, 3.8) is 0 Å². The third-order valence-electron chi connectivity index (χ3n) is 10.4. The number of hydrogen-bond acceptors (Lipinski definition) is 13. The second-order valence-corrected chi connectivity index (χ2v) is 14.5. The third kappa shape index (κ3) is 9.17. The molecule has 302 valence electrons. The lowest BCUT2D eigenvalue weighted by atomic mass is 9.91. The van der Waals surface area contributed by atoms with Gasteiger partial charge < -0.3 is 59.9 Å². The average molecular weight is 787 g/mol. The number of rotatable bonds is 13. The van der Waals surface area contributed by atoms with Gasteiger partial charge in [-0.1, -0.05) is 60.7 Å². The lowest BCUT2D eigenvalue weighted by Crippen LogP contribution is -2.59. The molecule has 2 heterocycles. The number of nitrogens with one attached hydrogen (secondary N) is 2. The second-order valence-electron chi connectivity index (χ2n) is 14.5. The van der Waals surface area contributed by atoms with Gasteiger partial charge in [0.15, 0.2) is 12.1 Å². The van der Waals surface area contributed by atoms with Crippen molar-refractivity contribution in [3.05, 3.63) is 124 Å². The molecule has 3 aromatic carbocycles. The van der Waals surface area contributed by atoms with E-state index in [1.165, 1.54) is 0 Å². The van der Waals surface area contributed by atoms with Crippen LogP contribution in [0.3, 0.4) is 0 Å². The molecule has 57 heavy (non-hydrogen) atoms. The zero-order valence-electron chi connectivity index (χ0n) is 30.9. The number of fused-ring (bicyclic) bond motifs is 2. The first kappa shape index (κ1) is 40.4. The first-order chi connectivity index (χ1) is 27.6. The van der Waals surface area contributed by atoms with E-state index in [4.69, 9.17) is 28.8 Å². The van der Waals surface area contributed by atoms with Gasteiger partial charge in [0, 0.05) is 43.5 Å². The van der Waals surface area contributed by atoms with E-state index >= 15 is 0 Å². The number of aliphatic hydroxyl groups is 5. The molecule has 0 radical (unpaired) electrons. The summed E-state index contributed by atoms with van der Waals surface area (Å²) in [5.41, 5.74) is 4.51. The summed E-state index contributed by atoms with van der Waals surface area (Å²) in [5.74, 6) is -2.34. The maximum absolute atomic E-state index is 13.7. The van der Waals surface area contributed by atoms with Gasteiger partial charge in [0.25, 0.3) is 5.91 Å². The van der Waals surface area contributed by atoms with E-state index in [9.17, 15) is 34.8 Å². The smallest absolute Gasteiger partial charge is 0.338 e. The minimum Gasteiger partial charge on any atom is -0.456 e. The van der Waals surface area contributed by atoms with E-state index in [2.05, 4.69) is 10.6 Å². The number of amides is 2. The number of aliphatic hydroxyl groups excluding tert-OH is 5. The highest BCUT2D eigenvalue weighted by Crippen LogP contribution is 2.45. The maximum Gasteiger partial charge on any atom is 0.338 e. The molecule has 0 bridgehead atoms. The summed E-state index contributed by atoms with van der Waals surface area (Å²) >= 11 is 0. The molecule has 2 saturated heterocycles. The van der Waals surface area contributed by atoms with Gasteiger partial charge in [-0.05, 0) is 52.6 Å². The first-order valence-electron chi connectivity index (χ1n) is 18.9. The van der Waals surface area contributed by atoms with Gasteiger partial charge >= 0.3 is 5.97 Å². The molecule has 2 aliphatic heterocycles. The summed E-state index contributed by atoms with van der Waals surface area (Å²) in [6, 6.07) is 21.4. The molecule has 15 heteroatoms. The standard InChI is InChI=1S/C42H46N2O13/c45-14-13-43-38(50)26-11-4-7-25(17-26)22-44-39(51)30-18-31(37-32(19-30)56-42(57-37)20-28-9-1-2-10-29(28)21-42)54-40(52)27-12-3-6-24(16-27)8-5-15-53-41-36(49)35(48)34(47)33(23-46)55-41/h1-12,16-17,19,31-37,41,45-49H,13-15,18,20-23H2,(H,43,50)(H,44,51)/t31-,32-,33-,34+,35+,36-,37+,41+/m1/s1. The van der Waals surface area contributed by atoms with Crippen molar-refractivity contribution in [2.75, 3.05) is 26.4 Å². The molecule has 2 fully saturated rings. The zero-order chi connectivity index (χ0) is 40.1. The predicted octanol–water partition coefficient (Wildman–Crippen LogP) is 0.689. The Labute approximate surface area is 328 Å². The van der Waals surface area contributed by atoms with Crippen LogP contribution in [0.25, 0.3) is 6.08 Å². The molecular formula is C42H46N2O13. The van der Waals surface area contributed by atoms with E-state index in [1.54, 1.807) is 66.8 Å². The van der Waals surface area contributed by atoms with Crippen LogP contribution in [0.4, 0.5) is 0 Å². The van der Waals surface area contributed by atoms with Crippen LogP contribution in [0.2, 0.25) is 0 Å². The number of carbonyl (C=O) groups excluding carboxylic acids is 3. The minimum absolute atomic E-state index is 0.0591. The summed E-state index contributed by atoms with van der Waals surface area (Å²) < 4.78 is 30.2. The molecule has 3 aromatic rings. The highest BCUT2D eigenvalue weighted by molar-refractivity contribution is 5.95. The first-order valence-corrected chi connectivity index (χ1v) is 18.9. The fourth-order valence-electron chi connectivity index (χ4n) is 7.57. The van der Waals surface area contributed by atoms with E-state index in [0.717, 1.165) is 11.1 Å². The molecule has 15 nitrogen and oxygen atoms in total. The Kier molecular flexibility index (Phi) is 12.6. The summed E-state index contributed by atoms with van der Waals surface area (Å²) in [5, 5.41) is 54.2. The van der Waals surface area contributed by atoms with Crippen LogP contribution < -0.4 is 10.6 Å². The minimum atomic E-state index is -1.56. The van der Waals surface area contributed by atoms with Gasteiger partial charge in [0.05, 0.1) is 25.4 Å². The Balaban J connectivity index is 1.02. The van der Waals surface area contributed by atoms with Crippen LogP contribution in [0, 0.1) is 0 Å². The monoisotopic (exact) mass is 786 g/mol. The lowest BCUT2D eigenvalue weighted by molar-refractivity contribution is -0.298. The van der Waals surface area contributed by atoms with Crippen LogP contribution in [-0.4, -0.2) is 124 Å². The molecular weight excluding hydrogens is 740 g/mol. The molecule has 7 rings (SSSR count). The average Bonchev–Trinajstić information content (AvgIpc) is 3.78. The van der Waals surface area contributed by atoms with E-state index < -0.39 is 67.4 Å². The molecule has 0 aromatic heterocycles. The van der Waals surface area contributed by atoms with Crippen molar-refractivity contribution in [3.8, 4) is 0 Å². The highest BCUT2D eigenvalue weighted by atomic mass is 16.8. The topological polar surface area (TPSA) is 223 Å². The van der Waals surface area contributed by atoms with Gasteiger partial charge in [-0.15, -0.1) is 0 Å². The quantitative estimate of drug-likeness (QED) is 0.119. The Bertz CT molecular complexity index is 1970. The van der Waals surface area contributed by atoms with Crippen molar-refractivity contribution in [2.24, 2.45) is 0 Å². The Hall–Kier alpha value is -4.81. The number of carbonyl (C=O) groups is 3. The maximum atomic E-state index is 13.7. The Morgan fingerprint density at radius 3 is 2.35 bits per heavy atom. The molecule has 0 unspecified atom stereocenters. The van der Waals surface area contributed by atoms with E-state index in [0.29, 0.717) is 35.1 Å². The Morgan fingerprint density at radius 1 is 0.842 bits per heavy atom. The summed E-state index contributed by atoms with van der Waals surface area (Å²) in [6.07, 6.45) is -3.11. The summed E-state index contributed by atoms with van der Waals surface area (Å²) in [4.78, 5) is 39.8. The molecule has 1 spiro atoms. The van der Waals surface area contributed by atoms with Gasteiger partial charge in [0.2, 0.25) is 5.91 Å². The SMILES string of the molecule is O=C(NCc1cccc(C(=O)NCCO)c1)C1=C[C@H]2OC3(Cc4ccccc4C3)O[C@H]2[C@H](OC(=O)c2cccc(C=CCO[C@H]3O[C@H](CO)[C@H](O)[C@H](O)[C@H]3O)c2)C1. The number of ether oxygens (including phenoxy) is 5. The lowest BCUT2D eigenvalue weighted by Gasteiger charge is -2.39. The summed E-state index contributed by atoms with van der Waals surface area (Å²) in [7, 11) is 0. The zero-order valence-corrected chi connectivity index (χ0v) is 30.9. The van der Waals surface area contributed by atoms with E-state index in [1.807, 2.05) is 24.3 Å². The number of hydrogen-bond donors (Lipinski definition) is 7. The van der Waals surface area contributed by atoms with Gasteiger partial charge in [0.1, 0.15) is 42.7 Å².